The molecular formula is C13H19N5. The van der Waals surface area contributed by atoms with Crippen molar-refractivity contribution in [2.24, 2.45) is 0 Å². The molecule has 1 saturated carbocycles. The maximum absolute atomic E-state index is 6.12. The second-order valence-corrected chi connectivity index (χ2v) is 5.01. The van der Waals surface area contributed by atoms with Crippen molar-refractivity contribution in [3.05, 3.63) is 23.7 Å². The number of aryl methyl sites for hydroxylation is 2. The maximum Gasteiger partial charge on any atom is 0.175 e. The van der Waals surface area contributed by atoms with Crippen molar-refractivity contribution in [2.75, 3.05) is 5.73 Å². The summed E-state index contributed by atoms with van der Waals surface area (Å²) in [6.07, 6.45) is 5.55. The van der Waals surface area contributed by atoms with Crippen LogP contribution in [0, 0.1) is 6.92 Å². The lowest BCUT2D eigenvalue weighted by Gasteiger charge is -2.06. The van der Waals surface area contributed by atoms with Crippen molar-refractivity contribution in [3.8, 4) is 5.82 Å². The minimum absolute atomic E-state index is 0.663. The molecule has 0 unspecified atom stereocenters. The summed E-state index contributed by atoms with van der Waals surface area (Å²) < 4.78 is 3.83. The van der Waals surface area contributed by atoms with Crippen molar-refractivity contribution in [3.63, 3.8) is 0 Å². The van der Waals surface area contributed by atoms with Gasteiger partial charge >= 0.3 is 0 Å². The largest absolute Gasteiger partial charge is 0.394 e. The van der Waals surface area contributed by atoms with E-state index in [9.17, 15) is 0 Å². The van der Waals surface area contributed by atoms with Gasteiger partial charge in [-0.2, -0.15) is 10.2 Å². The second kappa shape index (κ2) is 4.15. The van der Waals surface area contributed by atoms with Crippen LogP contribution in [0.15, 0.2) is 12.3 Å². The van der Waals surface area contributed by atoms with Crippen LogP contribution in [-0.2, 0) is 6.54 Å². The van der Waals surface area contributed by atoms with Gasteiger partial charge in [-0.3, -0.25) is 0 Å². The predicted octanol–water partition coefficient (Wildman–Crippen LogP) is 2.25. The number of anilines is 1. The Bertz CT molecular complexity index is 562. The van der Waals surface area contributed by atoms with Gasteiger partial charge in [-0.25, -0.2) is 9.36 Å². The van der Waals surface area contributed by atoms with E-state index in [4.69, 9.17) is 5.73 Å². The molecule has 1 aliphatic rings. The van der Waals surface area contributed by atoms with Gasteiger partial charge in [0.05, 0.1) is 17.1 Å². The first kappa shape index (κ1) is 11.3. The van der Waals surface area contributed by atoms with Crippen LogP contribution in [0.4, 0.5) is 5.69 Å². The Morgan fingerprint density at radius 1 is 1.39 bits per heavy atom. The molecule has 0 atom stereocenters. The zero-order valence-corrected chi connectivity index (χ0v) is 10.9. The molecule has 5 nitrogen and oxygen atoms in total. The monoisotopic (exact) mass is 245 g/mol. The third-order valence-electron chi connectivity index (χ3n) is 3.40. The average molecular weight is 245 g/mol. The molecule has 0 bridgehead atoms. The van der Waals surface area contributed by atoms with Crippen molar-refractivity contribution in [1.29, 1.82) is 0 Å². The third-order valence-corrected chi connectivity index (χ3v) is 3.40. The highest BCUT2D eigenvalue weighted by Crippen LogP contribution is 2.39. The minimum atomic E-state index is 0.663. The summed E-state index contributed by atoms with van der Waals surface area (Å²) in [6, 6.07) is 2.09. The van der Waals surface area contributed by atoms with E-state index in [0.717, 1.165) is 30.2 Å². The molecule has 1 fully saturated rings. The van der Waals surface area contributed by atoms with Crippen LogP contribution in [0.25, 0.3) is 5.82 Å². The Morgan fingerprint density at radius 3 is 2.83 bits per heavy atom. The molecule has 0 amide bonds. The summed E-state index contributed by atoms with van der Waals surface area (Å²) in [4.78, 5) is 0. The van der Waals surface area contributed by atoms with E-state index in [1.165, 1.54) is 18.5 Å². The van der Waals surface area contributed by atoms with E-state index in [0.29, 0.717) is 5.92 Å². The number of aromatic nitrogens is 4. The first-order chi connectivity index (χ1) is 8.70. The van der Waals surface area contributed by atoms with Gasteiger partial charge in [0.1, 0.15) is 0 Å². The summed E-state index contributed by atoms with van der Waals surface area (Å²) in [6.45, 7) is 4.94. The number of nitrogens with zero attached hydrogens (tertiary/aromatic N) is 4. The van der Waals surface area contributed by atoms with Crippen LogP contribution >= 0.6 is 0 Å². The fourth-order valence-corrected chi connectivity index (χ4v) is 2.25. The first-order valence-electron chi connectivity index (χ1n) is 6.59. The molecular weight excluding hydrogens is 226 g/mol. The fraction of sp³-hybridized carbons (Fsp3) is 0.538. The third kappa shape index (κ3) is 1.79. The second-order valence-electron chi connectivity index (χ2n) is 5.01. The lowest BCUT2D eigenvalue weighted by molar-refractivity contribution is 0.573. The zero-order chi connectivity index (χ0) is 12.7. The molecule has 0 saturated heterocycles. The molecule has 96 valence electrons. The topological polar surface area (TPSA) is 61.7 Å². The van der Waals surface area contributed by atoms with Gasteiger partial charge in [0.25, 0.3) is 0 Å². The van der Waals surface area contributed by atoms with E-state index in [1.807, 2.05) is 22.5 Å². The van der Waals surface area contributed by atoms with Gasteiger partial charge in [-0.05, 0) is 32.3 Å². The summed E-state index contributed by atoms with van der Waals surface area (Å²) in [7, 11) is 0. The van der Waals surface area contributed by atoms with Crippen molar-refractivity contribution in [1.82, 2.24) is 19.6 Å². The van der Waals surface area contributed by atoms with Crippen LogP contribution < -0.4 is 5.73 Å². The zero-order valence-electron chi connectivity index (χ0n) is 10.9. The van der Waals surface area contributed by atoms with Crippen LogP contribution in [0.5, 0.6) is 0 Å². The molecule has 0 spiro atoms. The smallest absolute Gasteiger partial charge is 0.175 e. The van der Waals surface area contributed by atoms with Crippen LogP contribution in [0.1, 0.15) is 43.5 Å². The molecule has 2 aromatic heterocycles. The molecule has 5 heteroatoms. The Labute approximate surface area is 107 Å². The van der Waals surface area contributed by atoms with Crippen molar-refractivity contribution in [2.45, 2.75) is 45.6 Å². The normalized spacial score (nSPS) is 15.2. The molecule has 0 radical (unpaired) electrons. The quantitative estimate of drug-likeness (QED) is 0.898. The number of nitrogens with two attached hydrogens (primary N) is 1. The number of rotatable bonds is 4. The molecule has 0 aromatic carbocycles. The molecule has 2 heterocycles. The Kier molecular flexibility index (Phi) is 2.61. The molecule has 2 N–H and O–H groups in total. The van der Waals surface area contributed by atoms with Gasteiger partial charge in [-0.15, -0.1) is 0 Å². The molecule has 18 heavy (non-hydrogen) atoms. The number of nitrogen functional groups attached to an aromatic ring is 1. The van der Waals surface area contributed by atoms with Crippen LogP contribution in [0.3, 0.4) is 0 Å². The summed E-state index contributed by atoms with van der Waals surface area (Å²) >= 11 is 0. The van der Waals surface area contributed by atoms with Gasteiger partial charge in [0.15, 0.2) is 5.82 Å². The van der Waals surface area contributed by atoms with E-state index in [2.05, 4.69) is 23.2 Å². The van der Waals surface area contributed by atoms with E-state index < -0.39 is 0 Å². The average Bonchev–Trinajstić information content (AvgIpc) is 3.02. The Hall–Kier alpha value is -1.78. The maximum atomic E-state index is 6.12. The Morgan fingerprint density at radius 2 is 2.17 bits per heavy atom. The summed E-state index contributed by atoms with van der Waals surface area (Å²) in [5.74, 6) is 1.57. The highest BCUT2D eigenvalue weighted by molar-refractivity contribution is 5.57. The molecule has 2 aromatic rings. The fourth-order valence-electron chi connectivity index (χ4n) is 2.25. The summed E-state index contributed by atoms with van der Waals surface area (Å²) in [5.41, 5.74) is 8.91. The predicted molar refractivity (Wildman–Crippen MR) is 70.8 cm³/mol. The summed E-state index contributed by atoms with van der Waals surface area (Å²) in [5, 5.41) is 9.11. The van der Waals surface area contributed by atoms with Crippen LogP contribution in [0.2, 0.25) is 0 Å². The van der Waals surface area contributed by atoms with Crippen LogP contribution in [-0.4, -0.2) is 19.6 Å². The highest BCUT2D eigenvalue weighted by atomic mass is 15.4. The Balaban J connectivity index is 2.02. The lowest BCUT2D eigenvalue weighted by atomic mass is 10.3. The number of hydrogen-bond donors (Lipinski definition) is 1. The molecule has 0 aliphatic heterocycles. The lowest BCUT2D eigenvalue weighted by Crippen LogP contribution is -2.09. The van der Waals surface area contributed by atoms with E-state index in [1.54, 1.807) is 0 Å². The van der Waals surface area contributed by atoms with Gasteiger partial charge in [0.2, 0.25) is 0 Å². The molecule has 1 aliphatic carbocycles. The number of hydrogen-bond acceptors (Lipinski definition) is 3. The van der Waals surface area contributed by atoms with Gasteiger partial charge in [0, 0.05) is 18.7 Å². The first-order valence-corrected chi connectivity index (χ1v) is 6.59. The molecule has 3 rings (SSSR count). The SMILES string of the molecule is CCCn1nc(C)c(N)c1-n1ccc(C2CC2)n1. The van der Waals surface area contributed by atoms with Gasteiger partial charge < -0.3 is 5.73 Å². The van der Waals surface area contributed by atoms with Gasteiger partial charge in [-0.1, -0.05) is 6.92 Å². The van der Waals surface area contributed by atoms with E-state index >= 15 is 0 Å². The van der Waals surface area contributed by atoms with E-state index in [-0.39, 0.29) is 0 Å². The highest BCUT2D eigenvalue weighted by Gasteiger charge is 2.26. The minimum Gasteiger partial charge on any atom is -0.394 e. The van der Waals surface area contributed by atoms with Crippen molar-refractivity contribution < 1.29 is 0 Å². The standard InChI is InChI=1S/C13H19N5/c1-3-7-17-13(12(14)9(2)15-17)18-8-6-11(16-18)10-4-5-10/h6,8,10H,3-5,7,14H2,1-2H3. The van der Waals surface area contributed by atoms with Crippen molar-refractivity contribution >= 4 is 5.69 Å².